The van der Waals surface area contributed by atoms with Gasteiger partial charge in [-0.15, -0.1) is 8.58 Å². The van der Waals surface area contributed by atoms with Crippen LogP contribution in [-0.2, 0) is 0 Å². The zero-order valence-corrected chi connectivity index (χ0v) is 6.74. The van der Waals surface area contributed by atoms with Gasteiger partial charge < -0.3 is 5.32 Å². The Morgan fingerprint density at radius 1 is 1.11 bits per heavy atom. The van der Waals surface area contributed by atoms with Crippen molar-refractivity contribution in [2.75, 3.05) is 25.4 Å². The first kappa shape index (κ1) is 6.12. The van der Waals surface area contributed by atoms with Crippen LogP contribution in [-0.4, -0.2) is 25.4 Å². The van der Waals surface area contributed by atoms with Gasteiger partial charge in [-0.2, -0.15) is 0 Å². The van der Waals surface area contributed by atoms with Crippen LogP contribution < -0.4 is 5.32 Å². The summed E-state index contributed by atoms with van der Waals surface area (Å²) in [7, 11) is 1.28. The molecule has 2 aliphatic rings. The maximum Gasteiger partial charge on any atom is 0.00205 e. The van der Waals surface area contributed by atoms with Crippen LogP contribution in [0.15, 0.2) is 0 Å². The number of nitrogens with one attached hydrogen (secondary N) is 1. The molecule has 0 bridgehead atoms. The first-order valence-corrected chi connectivity index (χ1v) is 5.24. The molecule has 2 aliphatic heterocycles. The predicted molar refractivity (Wildman–Crippen MR) is 42.6 cm³/mol. The van der Waals surface area contributed by atoms with Gasteiger partial charge in [-0.1, -0.05) is 0 Å². The second-order valence-electron chi connectivity index (χ2n) is 3.35. The summed E-state index contributed by atoms with van der Waals surface area (Å²) in [5, 5.41) is 3.37. The summed E-state index contributed by atoms with van der Waals surface area (Å²) in [6.07, 6.45) is 6.06. The molecule has 0 saturated carbocycles. The normalized spacial score (nSPS) is 32.0. The summed E-state index contributed by atoms with van der Waals surface area (Å²) >= 11 is 0. The van der Waals surface area contributed by atoms with Crippen molar-refractivity contribution in [1.82, 2.24) is 5.32 Å². The molecule has 52 valence electrons. The Kier molecular flexibility index (Phi) is 1.51. The summed E-state index contributed by atoms with van der Waals surface area (Å²) in [5.41, 5.74) is 0.797. The molecule has 0 radical (unpaired) electrons. The van der Waals surface area contributed by atoms with Gasteiger partial charge in [0.15, 0.2) is 0 Å². The topological polar surface area (TPSA) is 12.0 Å². The van der Waals surface area contributed by atoms with E-state index in [1.54, 1.807) is 0 Å². The minimum atomic E-state index is 0.797. The Balaban J connectivity index is 1.93. The lowest BCUT2D eigenvalue weighted by atomic mass is 9.76. The lowest BCUT2D eigenvalue weighted by Crippen LogP contribution is -2.54. The molecule has 1 N–H and O–H groups in total. The van der Waals surface area contributed by atoms with Crippen LogP contribution in [0.4, 0.5) is 0 Å². The van der Waals surface area contributed by atoms with E-state index in [1.807, 2.05) is 0 Å². The molecule has 0 atom stereocenters. The highest BCUT2D eigenvalue weighted by Gasteiger charge is 2.37. The maximum atomic E-state index is 3.37. The Bertz CT molecular complexity index is 101. The van der Waals surface area contributed by atoms with E-state index in [-0.39, 0.29) is 0 Å². The fourth-order valence-corrected chi connectivity index (χ4v) is 3.45. The van der Waals surface area contributed by atoms with Crippen molar-refractivity contribution in [3.63, 3.8) is 0 Å². The molecule has 2 rings (SSSR count). The van der Waals surface area contributed by atoms with E-state index < -0.39 is 0 Å². The van der Waals surface area contributed by atoms with Gasteiger partial charge in [0.1, 0.15) is 0 Å². The van der Waals surface area contributed by atoms with Crippen LogP contribution in [0.1, 0.15) is 12.8 Å². The average Bonchev–Trinajstić information content (AvgIpc) is 1.87. The second kappa shape index (κ2) is 2.21. The summed E-state index contributed by atoms with van der Waals surface area (Å²) in [6, 6.07) is 0. The maximum absolute atomic E-state index is 3.37. The summed E-state index contributed by atoms with van der Waals surface area (Å²) in [5.74, 6) is 0. The van der Waals surface area contributed by atoms with E-state index in [9.17, 15) is 0 Å². The predicted octanol–water partition coefficient (Wildman–Crippen LogP) is 1.05. The summed E-state index contributed by atoms with van der Waals surface area (Å²) < 4.78 is 0. The number of rotatable bonds is 0. The molecule has 2 saturated heterocycles. The smallest absolute Gasteiger partial charge is 0.00205 e. The van der Waals surface area contributed by atoms with E-state index in [1.165, 1.54) is 46.8 Å². The fraction of sp³-hybridized carbons (Fsp3) is 1.00. The van der Waals surface area contributed by atoms with Crippen molar-refractivity contribution in [1.29, 1.82) is 0 Å². The lowest BCUT2D eigenvalue weighted by Gasteiger charge is -2.45. The Labute approximate surface area is 58.4 Å². The third kappa shape index (κ3) is 1.01. The van der Waals surface area contributed by atoms with Crippen molar-refractivity contribution >= 4 is 8.58 Å². The SMILES string of the molecule is C1CC2(CCP1)CNC2. The Hall–Kier alpha value is 0.390. The third-order valence-corrected chi connectivity index (χ3v) is 3.87. The zero-order chi connectivity index (χ0) is 6.16. The Morgan fingerprint density at radius 2 is 1.78 bits per heavy atom. The van der Waals surface area contributed by atoms with E-state index in [0.717, 1.165) is 5.41 Å². The molecule has 0 amide bonds. The monoisotopic (exact) mass is 143 g/mol. The zero-order valence-electron chi connectivity index (χ0n) is 5.74. The van der Waals surface area contributed by atoms with Crippen LogP contribution in [0, 0.1) is 5.41 Å². The second-order valence-corrected chi connectivity index (χ2v) is 4.85. The van der Waals surface area contributed by atoms with E-state index in [4.69, 9.17) is 0 Å². The van der Waals surface area contributed by atoms with Gasteiger partial charge in [-0.3, -0.25) is 0 Å². The molecule has 0 unspecified atom stereocenters. The highest BCUT2D eigenvalue weighted by molar-refractivity contribution is 7.38. The minimum absolute atomic E-state index is 0.797. The van der Waals surface area contributed by atoms with Gasteiger partial charge in [0.05, 0.1) is 0 Å². The molecule has 0 aliphatic carbocycles. The van der Waals surface area contributed by atoms with Crippen molar-refractivity contribution in [3.05, 3.63) is 0 Å². The third-order valence-electron chi connectivity index (χ3n) is 2.66. The largest absolute Gasteiger partial charge is 0.316 e. The Morgan fingerprint density at radius 3 is 2.11 bits per heavy atom. The number of hydrogen-bond donors (Lipinski definition) is 1. The molecule has 1 spiro atoms. The van der Waals surface area contributed by atoms with Gasteiger partial charge in [0.25, 0.3) is 0 Å². The van der Waals surface area contributed by atoms with Crippen molar-refractivity contribution in [2.24, 2.45) is 5.41 Å². The molecule has 0 aromatic heterocycles. The van der Waals surface area contributed by atoms with E-state index >= 15 is 0 Å². The first-order chi connectivity index (χ1) is 4.41. The molecular weight excluding hydrogens is 129 g/mol. The molecule has 9 heavy (non-hydrogen) atoms. The quantitative estimate of drug-likeness (QED) is 0.500. The molecule has 2 fully saturated rings. The average molecular weight is 143 g/mol. The summed E-state index contributed by atoms with van der Waals surface area (Å²) in [4.78, 5) is 0. The highest BCUT2D eigenvalue weighted by Crippen LogP contribution is 2.39. The van der Waals surface area contributed by atoms with Gasteiger partial charge >= 0.3 is 0 Å². The van der Waals surface area contributed by atoms with Gasteiger partial charge in [0.2, 0.25) is 0 Å². The molecule has 2 heterocycles. The van der Waals surface area contributed by atoms with Crippen LogP contribution >= 0.6 is 8.58 Å². The van der Waals surface area contributed by atoms with Gasteiger partial charge in [-0.05, 0) is 30.6 Å². The number of hydrogen-bond acceptors (Lipinski definition) is 1. The van der Waals surface area contributed by atoms with E-state index in [2.05, 4.69) is 5.32 Å². The van der Waals surface area contributed by atoms with Crippen LogP contribution in [0.2, 0.25) is 0 Å². The van der Waals surface area contributed by atoms with Crippen molar-refractivity contribution in [3.8, 4) is 0 Å². The van der Waals surface area contributed by atoms with Crippen molar-refractivity contribution < 1.29 is 0 Å². The lowest BCUT2D eigenvalue weighted by molar-refractivity contribution is 0.152. The molecule has 0 aromatic rings. The van der Waals surface area contributed by atoms with Crippen LogP contribution in [0.25, 0.3) is 0 Å². The van der Waals surface area contributed by atoms with Crippen LogP contribution in [0.3, 0.4) is 0 Å². The highest BCUT2D eigenvalue weighted by atomic mass is 31.1. The van der Waals surface area contributed by atoms with E-state index in [0.29, 0.717) is 0 Å². The fourth-order valence-electron chi connectivity index (χ4n) is 1.79. The molecule has 1 nitrogen and oxygen atoms in total. The summed E-state index contributed by atoms with van der Waals surface area (Å²) in [6.45, 7) is 2.63. The van der Waals surface area contributed by atoms with Crippen molar-refractivity contribution in [2.45, 2.75) is 12.8 Å². The molecular formula is C7H14NP. The van der Waals surface area contributed by atoms with Gasteiger partial charge in [-0.25, -0.2) is 0 Å². The standard InChI is InChI=1S/C7H14NP/c1-3-9-4-2-7(1)5-8-6-7/h8-9H,1-6H2. The molecule has 0 aromatic carbocycles. The minimum Gasteiger partial charge on any atom is -0.316 e. The van der Waals surface area contributed by atoms with Crippen LogP contribution in [0.5, 0.6) is 0 Å². The first-order valence-electron chi connectivity index (χ1n) is 3.83. The molecule has 2 heteroatoms. The van der Waals surface area contributed by atoms with Gasteiger partial charge in [0, 0.05) is 13.1 Å².